The van der Waals surface area contributed by atoms with Crippen molar-refractivity contribution in [2.24, 2.45) is 23.7 Å². The molecule has 60 heavy (non-hydrogen) atoms. The number of para-hydroxylation sites is 2. The lowest BCUT2D eigenvalue weighted by atomic mass is 9.43. The van der Waals surface area contributed by atoms with E-state index in [1.165, 1.54) is 104 Å². The molecule has 4 saturated carbocycles. The maximum absolute atomic E-state index is 2.54. The zero-order chi connectivity index (χ0) is 39.4. The molecular formula is C58H46N2. The number of hydrogen-bond acceptors (Lipinski definition) is 1. The fourth-order valence-corrected chi connectivity index (χ4v) is 13.0. The van der Waals surface area contributed by atoms with Crippen LogP contribution in [0.15, 0.2) is 194 Å². The standard InChI is InChI=1S/C58H46N2/c1-2-11-40(12-3-1)41-21-23-42(24-22-41)43-25-27-46(28-26-43)59(47-29-31-48(32-30-47)60-54-18-8-5-13-49(54)50-14-6-9-19-55(50)60)56-20-10-17-53-57(56)51-15-4-7-16-52(51)58(53)44-34-38-33-39(36-44)37-45(58)35-38/h1-32,38-39,44-45H,33-37H2. The summed E-state index contributed by atoms with van der Waals surface area (Å²) in [6, 6.07) is 72.6. The van der Waals surface area contributed by atoms with E-state index in [1.807, 2.05) is 0 Å². The molecule has 288 valence electrons. The lowest BCUT2D eigenvalue weighted by Crippen LogP contribution is -2.55. The number of fused-ring (bicyclic) bond motifs is 6. The lowest BCUT2D eigenvalue weighted by Gasteiger charge is -2.61. The van der Waals surface area contributed by atoms with E-state index < -0.39 is 0 Å². The second-order valence-corrected chi connectivity index (χ2v) is 18.1. The Labute approximate surface area is 352 Å². The Morgan fingerprint density at radius 2 is 0.883 bits per heavy atom. The zero-order valence-corrected chi connectivity index (χ0v) is 33.7. The van der Waals surface area contributed by atoms with Crippen LogP contribution >= 0.6 is 0 Å². The molecule has 8 aromatic carbocycles. The van der Waals surface area contributed by atoms with Crippen LogP contribution in [0.1, 0.15) is 43.2 Å². The summed E-state index contributed by atoms with van der Waals surface area (Å²) in [6.07, 6.45) is 6.99. The van der Waals surface area contributed by atoms with Gasteiger partial charge in [-0.3, -0.25) is 0 Å². The predicted molar refractivity (Wildman–Crippen MR) is 250 cm³/mol. The minimum Gasteiger partial charge on any atom is -0.310 e. The van der Waals surface area contributed by atoms with Gasteiger partial charge in [0.25, 0.3) is 0 Å². The summed E-state index contributed by atoms with van der Waals surface area (Å²) in [7, 11) is 0. The van der Waals surface area contributed by atoms with Crippen LogP contribution < -0.4 is 4.90 Å². The number of rotatable bonds is 6. The van der Waals surface area contributed by atoms with E-state index in [9.17, 15) is 0 Å². The highest BCUT2D eigenvalue weighted by molar-refractivity contribution is 6.09. The lowest BCUT2D eigenvalue weighted by molar-refractivity contribution is -0.0399. The zero-order valence-electron chi connectivity index (χ0n) is 33.7. The van der Waals surface area contributed by atoms with E-state index in [0.29, 0.717) is 0 Å². The van der Waals surface area contributed by atoms with Crippen LogP contribution in [-0.4, -0.2) is 4.57 Å². The first-order chi connectivity index (χ1) is 29.7. The third kappa shape index (κ3) is 4.94. The number of aromatic nitrogens is 1. The van der Waals surface area contributed by atoms with Gasteiger partial charge in [0.2, 0.25) is 0 Å². The Morgan fingerprint density at radius 1 is 0.400 bits per heavy atom. The molecule has 1 spiro atoms. The van der Waals surface area contributed by atoms with Gasteiger partial charge in [-0.1, -0.05) is 140 Å². The van der Waals surface area contributed by atoms with E-state index in [0.717, 1.165) is 29.4 Å². The quantitative estimate of drug-likeness (QED) is 0.163. The Hall–Kier alpha value is -6.64. The van der Waals surface area contributed by atoms with Gasteiger partial charge in [0, 0.05) is 38.8 Å². The number of anilines is 3. The van der Waals surface area contributed by atoms with Crippen LogP contribution in [0.4, 0.5) is 17.1 Å². The highest BCUT2D eigenvalue weighted by atomic mass is 15.1. The van der Waals surface area contributed by atoms with Crippen molar-refractivity contribution in [3.63, 3.8) is 0 Å². The minimum atomic E-state index is 0.108. The van der Waals surface area contributed by atoms with Gasteiger partial charge in [-0.2, -0.15) is 0 Å². The molecule has 14 rings (SSSR count). The molecule has 2 nitrogen and oxygen atoms in total. The van der Waals surface area contributed by atoms with Crippen molar-refractivity contribution in [3.05, 3.63) is 205 Å². The van der Waals surface area contributed by atoms with Crippen molar-refractivity contribution in [1.29, 1.82) is 0 Å². The molecule has 0 unspecified atom stereocenters. The highest BCUT2D eigenvalue weighted by Gasteiger charge is 2.61. The van der Waals surface area contributed by atoms with Gasteiger partial charge >= 0.3 is 0 Å². The number of nitrogens with zero attached hydrogens (tertiary/aromatic N) is 2. The minimum absolute atomic E-state index is 0.108. The van der Waals surface area contributed by atoms with Crippen molar-refractivity contribution in [2.45, 2.75) is 37.5 Å². The number of benzene rings is 8. The van der Waals surface area contributed by atoms with Crippen LogP contribution in [0, 0.1) is 23.7 Å². The molecule has 0 aliphatic heterocycles. The number of hydrogen-bond donors (Lipinski definition) is 0. The molecule has 2 heteroatoms. The average molecular weight is 771 g/mol. The van der Waals surface area contributed by atoms with Crippen molar-refractivity contribution in [3.8, 4) is 39.1 Å². The Morgan fingerprint density at radius 3 is 1.50 bits per heavy atom. The largest absolute Gasteiger partial charge is 0.310 e. The normalized spacial score (nSPS) is 22.1. The topological polar surface area (TPSA) is 8.17 Å². The van der Waals surface area contributed by atoms with Crippen LogP contribution in [-0.2, 0) is 5.41 Å². The molecule has 1 aromatic heterocycles. The summed E-state index contributed by atoms with van der Waals surface area (Å²) in [4.78, 5) is 2.54. The average Bonchev–Trinajstić information content (AvgIpc) is 3.80. The highest BCUT2D eigenvalue weighted by Crippen LogP contribution is 2.70. The van der Waals surface area contributed by atoms with Crippen LogP contribution in [0.5, 0.6) is 0 Å². The summed E-state index contributed by atoms with van der Waals surface area (Å²) in [5, 5.41) is 2.57. The monoisotopic (exact) mass is 770 g/mol. The molecule has 1 heterocycles. The van der Waals surface area contributed by atoms with Gasteiger partial charge in [0.15, 0.2) is 0 Å². The molecule has 4 fully saturated rings. The third-order valence-corrected chi connectivity index (χ3v) is 15.2. The van der Waals surface area contributed by atoms with Crippen LogP contribution in [0.25, 0.3) is 60.9 Å². The Bertz CT molecular complexity index is 3000. The molecule has 5 aliphatic rings. The van der Waals surface area contributed by atoms with Crippen molar-refractivity contribution in [1.82, 2.24) is 4.57 Å². The van der Waals surface area contributed by atoms with Crippen molar-refractivity contribution < 1.29 is 0 Å². The fourth-order valence-electron chi connectivity index (χ4n) is 13.0. The molecule has 0 amide bonds. The predicted octanol–water partition coefficient (Wildman–Crippen LogP) is 15.3. The Balaban J connectivity index is 0.965. The maximum atomic E-state index is 2.54. The first-order valence-electron chi connectivity index (χ1n) is 22.1. The smallest absolute Gasteiger partial charge is 0.0543 e. The summed E-state index contributed by atoms with van der Waals surface area (Å²) < 4.78 is 2.42. The van der Waals surface area contributed by atoms with E-state index in [4.69, 9.17) is 0 Å². The molecule has 9 aromatic rings. The first-order valence-corrected chi connectivity index (χ1v) is 22.1. The maximum Gasteiger partial charge on any atom is 0.0543 e. The van der Waals surface area contributed by atoms with Crippen LogP contribution in [0.2, 0.25) is 0 Å². The SMILES string of the molecule is c1ccc(-c2ccc(-c3ccc(N(c4ccc(-n5c6ccccc6c6ccccc65)cc4)c4cccc5c4-c4ccccc4C54C5CC6CC(C5)CC4C6)cc3)cc2)cc1. The van der Waals surface area contributed by atoms with Gasteiger partial charge < -0.3 is 9.47 Å². The summed E-state index contributed by atoms with van der Waals surface area (Å²) in [5.74, 6) is 3.26. The Kier molecular flexibility index (Phi) is 7.52. The molecule has 5 aliphatic carbocycles. The molecule has 0 radical (unpaired) electrons. The second-order valence-electron chi connectivity index (χ2n) is 18.1. The molecular weight excluding hydrogens is 725 g/mol. The molecule has 4 bridgehead atoms. The summed E-state index contributed by atoms with van der Waals surface area (Å²) >= 11 is 0. The van der Waals surface area contributed by atoms with E-state index in [-0.39, 0.29) is 5.41 Å². The van der Waals surface area contributed by atoms with E-state index >= 15 is 0 Å². The third-order valence-electron chi connectivity index (χ3n) is 15.2. The van der Waals surface area contributed by atoms with Gasteiger partial charge in [-0.05, 0) is 149 Å². The summed E-state index contributed by atoms with van der Waals surface area (Å²) in [5.41, 5.74) is 18.3. The van der Waals surface area contributed by atoms with E-state index in [1.54, 1.807) is 11.1 Å². The second kappa shape index (κ2) is 13.2. The van der Waals surface area contributed by atoms with Crippen molar-refractivity contribution >= 4 is 38.9 Å². The molecule has 0 N–H and O–H groups in total. The van der Waals surface area contributed by atoms with Gasteiger partial charge in [-0.25, -0.2) is 0 Å². The van der Waals surface area contributed by atoms with Crippen LogP contribution in [0.3, 0.4) is 0 Å². The first kappa shape index (κ1) is 34.2. The van der Waals surface area contributed by atoms with Gasteiger partial charge in [0.05, 0.1) is 16.7 Å². The molecule has 0 atom stereocenters. The van der Waals surface area contributed by atoms with E-state index in [2.05, 4.69) is 204 Å². The van der Waals surface area contributed by atoms with Gasteiger partial charge in [0.1, 0.15) is 0 Å². The molecule has 0 saturated heterocycles. The fraction of sp³-hybridized carbons (Fsp3) is 0.172. The summed E-state index contributed by atoms with van der Waals surface area (Å²) in [6.45, 7) is 0. The van der Waals surface area contributed by atoms with Crippen molar-refractivity contribution in [2.75, 3.05) is 4.90 Å². The van der Waals surface area contributed by atoms with Gasteiger partial charge in [-0.15, -0.1) is 0 Å².